The maximum Gasteiger partial charge on any atom is 0.291 e. The van der Waals surface area contributed by atoms with E-state index >= 15 is 0 Å². The third-order valence-corrected chi connectivity index (χ3v) is 0.744. The minimum Gasteiger partial charge on any atom is -0.394 e. The molecular weight excluding hydrogens is 158 g/mol. The summed E-state index contributed by atoms with van der Waals surface area (Å²) in [6, 6.07) is 0. The zero-order valence-electron chi connectivity index (χ0n) is 5.91. The van der Waals surface area contributed by atoms with E-state index in [1.54, 1.807) is 0 Å². The lowest BCUT2D eigenvalue weighted by Gasteiger charge is -2.07. The third-order valence-electron chi connectivity index (χ3n) is 0.744. The van der Waals surface area contributed by atoms with Gasteiger partial charge in [0, 0.05) is 0 Å². The Hall–Kier alpha value is -0.920. The van der Waals surface area contributed by atoms with Crippen LogP contribution in [0.3, 0.4) is 0 Å². The SMILES string of the molecule is CC(O)C(O)CO.O=[N+]([O-])O. The summed E-state index contributed by atoms with van der Waals surface area (Å²) in [5, 5.41) is 38.6. The Morgan fingerprint density at radius 3 is 1.82 bits per heavy atom. The molecule has 0 aliphatic carbocycles. The molecule has 0 aromatic carbocycles. The summed E-state index contributed by atoms with van der Waals surface area (Å²) in [4.78, 5) is 8.36. The van der Waals surface area contributed by atoms with Crippen LogP contribution in [0.2, 0.25) is 0 Å². The topological polar surface area (TPSA) is 124 Å². The quantitative estimate of drug-likeness (QED) is 0.290. The molecule has 0 saturated heterocycles. The molecule has 0 bridgehead atoms. The van der Waals surface area contributed by atoms with Gasteiger partial charge >= 0.3 is 0 Å². The van der Waals surface area contributed by atoms with Crippen LogP contribution in [-0.2, 0) is 0 Å². The molecule has 68 valence electrons. The van der Waals surface area contributed by atoms with Crippen LogP contribution in [-0.4, -0.2) is 44.4 Å². The van der Waals surface area contributed by atoms with E-state index in [-0.39, 0.29) is 6.61 Å². The van der Waals surface area contributed by atoms with Crippen LogP contribution < -0.4 is 0 Å². The van der Waals surface area contributed by atoms with Crippen molar-refractivity contribution >= 4 is 0 Å². The van der Waals surface area contributed by atoms with Crippen molar-refractivity contribution in [1.29, 1.82) is 0 Å². The van der Waals surface area contributed by atoms with Crippen LogP contribution in [0.15, 0.2) is 0 Å². The normalized spacial score (nSPS) is 14.2. The van der Waals surface area contributed by atoms with Gasteiger partial charge in [0.25, 0.3) is 5.09 Å². The summed E-state index contributed by atoms with van der Waals surface area (Å²) in [7, 11) is 0. The van der Waals surface area contributed by atoms with Crippen molar-refractivity contribution in [2.75, 3.05) is 6.61 Å². The first kappa shape index (κ1) is 12.7. The molecule has 0 aliphatic heterocycles. The fraction of sp³-hybridized carbons (Fsp3) is 1.00. The Kier molecular flexibility index (Phi) is 8.32. The number of rotatable bonds is 2. The third kappa shape index (κ3) is 17.6. The zero-order chi connectivity index (χ0) is 9.44. The Bertz CT molecular complexity index is 101. The van der Waals surface area contributed by atoms with Crippen molar-refractivity contribution in [2.45, 2.75) is 19.1 Å². The fourth-order valence-corrected chi connectivity index (χ4v) is 0.153. The lowest BCUT2D eigenvalue weighted by Crippen LogP contribution is -2.25. The minimum atomic E-state index is -1.50. The van der Waals surface area contributed by atoms with Crippen LogP contribution in [0.25, 0.3) is 0 Å². The average Bonchev–Trinajstić information content (AvgIpc) is 1.85. The molecule has 0 saturated carbocycles. The second-order valence-electron chi connectivity index (χ2n) is 1.73. The molecule has 0 rings (SSSR count). The Labute approximate surface area is 62.6 Å². The van der Waals surface area contributed by atoms with Crippen molar-refractivity contribution in [3.05, 3.63) is 10.1 Å². The van der Waals surface area contributed by atoms with Gasteiger partial charge in [-0.3, -0.25) is 0 Å². The van der Waals surface area contributed by atoms with Crippen LogP contribution in [0.5, 0.6) is 0 Å². The molecule has 0 aromatic rings. The van der Waals surface area contributed by atoms with Crippen LogP contribution in [0, 0.1) is 10.1 Å². The highest BCUT2D eigenvalue weighted by Gasteiger charge is 2.06. The molecular formula is C4H11NO6. The lowest BCUT2D eigenvalue weighted by molar-refractivity contribution is -0.742. The molecule has 2 atom stereocenters. The molecule has 0 aromatic heterocycles. The Morgan fingerprint density at radius 2 is 1.82 bits per heavy atom. The van der Waals surface area contributed by atoms with Crippen molar-refractivity contribution in [3.63, 3.8) is 0 Å². The first-order chi connectivity index (χ1) is 4.91. The molecule has 2 unspecified atom stereocenters. The highest BCUT2D eigenvalue weighted by Crippen LogP contribution is 1.87. The van der Waals surface area contributed by atoms with Gasteiger partial charge in [0.1, 0.15) is 6.10 Å². The minimum absolute atomic E-state index is 0.377. The van der Waals surface area contributed by atoms with Gasteiger partial charge in [-0.05, 0) is 6.92 Å². The number of aliphatic hydroxyl groups is 3. The standard InChI is InChI=1S/C4H10O3.HNO3/c1-3(6)4(7)2-5;2-1(3)4/h3-7H,2H2,1H3;(H,2,3,4). The van der Waals surface area contributed by atoms with E-state index in [9.17, 15) is 0 Å². The molecule has 0 spiro atoms. The van der Waals surface area contributed by atoms with E-state index in [0.29, 0.717) is 0 Å². The van der Waals surface area contributed by atoms with E-state index in [2.05, 4.69) is 0 Å². The van der Waals surface area contributed by atoms with E-state index in [0.717, 1.165) is 0 Å². The number of nitrogens with zero attached hydrogens (tertiary/aromatic N) is 1. The summed E-state index contributed by atoms with van der Waals surface area (Å²) < 4.78 is 0. The zero-order valence-corrected chi connectivity index (χ0v) is 5.91. The average molecular weight is 169 g/mol. The van der Waals surface area contributed by atoms with Gasteiger partial charge in [0.2, 0.25) is 0 Å². The second kappa shape index (κ2) is 7.19. The van der Waals surface area contributed by atoms with E-state index < -0.39 is 17.3 Å². The van der Waals surface area contributed by atoms with Gasteiger partial charge in [0.15, 0.2) is 0 Å². The molecule has 7 nitrogen and oxygen atoms in total. The second-order valence-corrected chi connectivity index (χ2v) is 1.73. The Morgan fingerprint density at radius 1 is 1.55 bits per heavy atom. The van der Waals surface area contributed by atoms with Crippen LogP contribution in [0.4, 0.5) is 0 Å². The summed E-state index contributed by atoms with van der Waals surface area (Å²) in [5.41, 5.74) is 0. The predicted molar refractivity (Wildman–Crippen MR) is 33.6 cm³/mol. The monoisotopic (exact) mass is 169 g/mol. The van der Waals surface area contributed by atoms with Crippen LogP contribution >= 0.6 is 0 Å². The van der Waals surface area contributed by atoms with Crippen molar-refractivity contribution in [2.24, 2.45) is 0 Å². The summed E-state index contributed by atoms with van der Waals surface area (Å²) in [5.74, 6) is 0. The van der Waals surface area contributed by atoms with E-state index in [4.69, 9.17) is 30.6 Å². The largest absolute Gasteiger partial charge is 0.394 e. The molecule has 0 aliphatic rings. The van der Waals surface area contributed by atoms with E-state index in [1.165, 1.54) is 6.92 Å². The molecule has 0 amide bonds. The molecule has 7 heteroatoms. The van der Waals surface area contributed by atoms with E-state index in [1.807, 2.05) is 0 Å². The predicted octanol–water partition coefficient (Wildman–Crippen LogP) is -1.63. The smallest absolute Gasteiger partial charge is 0.291 e. The summed E-state index contributed by atoms with van der Waals surface area (Å²) in [6.07, 6.45) is -1.81. The van der Waals surface area contributed by atoms with Crippen molar-refractivity contribution in [3.8, 4) is 0 Å². The molecule has 4 N–H and O–H groups in total. The van der Waals surface area contributed by atoms with Gasteiger partial charge < -0.3 is 20.5 Å². The highest BCUT2D eigenvalue weighted by molar-refractivity contribution is 4.57. The summed E-state index contributed by atoms with van der Waals surface area (Å²) in [6.45, 7) is 1.04. The molecule has 11 heavy (non-hydrogen) atoms. The molecule has 0 radical (unpaired) electrons. The van der Waals surface area contributed by atoms with Gasteiger partial charge in [0.05, 0.1) is 12.7 Å². The van der Waals surface area contributed by atoms with Gasteiger partial charge in [-0.2, -0.15) is 0 Å². The lowest BCUT2D eigenvalue weighted by atomic mass is 10.2. The maximum absolute atomic E-state index is 8.44. The number of hydrogen-bond donors (Lipinski definition) is 4. The maximum atomic E-state index is 8.44. The first-order valence-corrected chi connectivity index (χ1v) is 2.72. The van der Waals surface area contributed by atoms with Gasteiger partial charge in [-0.15, -0.1) is 10.1 Å². The Balaban J connectivity index is 0. The fourth-order valence-electron chi connectivity index (χ4n) is 0.153. The molecule has 0 heterocycles. The number of aliphatic hydroxyl groups excluding tert-OH is 3. The molecule has 0 fully saturated rings. The van der Waals surface area contributed by atoms with Crippen molar-refractivity contribution < 1.29 is 25.6 Å². The van der Waals surface area contributed by atoms with Gasteiger partial charge in [-0.25, -0.2) is 0 Å². The van der Waals surface area contributed by atoms with Crippen LogP contribution in [0.1, 0.15) is 6.92 Å². The first-order valence-electron chi connectivity index (χ1n) is 2.72. The van der Waals surface area contributed by atoms with Crippen molar-refractivity contribution in [1.82, 2.24) is 0 Å². The number of hydrogen-bond acceptors (Lipinski definition) is 5. The van der Waals surface area contributed by atoms with Gasteiger partial charge in [-0.1, -0.05) is 0 Å². The summed E-state index contributed by atoms with van der Waals surface area (Å²) >= 11 is 0. The highest BCUT2D eigenvalue weighted by atomic mass is 16.9.